The first-order valence-electron chi connectivity index (χ1n) is 10.7. The van der Waals surface area contributed by atoms with Crippen molar-refractivity contribution < 1.29 is 4.79 Å². The van der Waals surface area contributed by atoms with Crippen LogP contribution >= 0.6 is 0 Å². The number of hydrogen-bond acceptors (Lipinski definition) is 4. The van der Waals surface area contributed by atoms with Crippen LogP contribution in [0.2, 0.25) is 0 Å². The Morgan fingerprint density at radius 1 is 1.16 bits per heavy atom. The van der Waals surface area contributed by atoms with Gasteiger partial charge < -0.3 is 9.88 Å². The molecule has 0 radical (unpaired) electrons. The van der Waals surface area contributed by atoms with Gasteiger partial charge in [-0.15, -0.1) is 0 Å². The minimum atomic E-state index is -0.191. The van der Waals surface area contributed by atoms with E-state index in [0.717, 1.165) is 30.8 Å². The summed E-state index contributed by atoms with van der Waals surface area (Å²) < 4.78 is 3.56. The Morgan fingerprint density at radius 2 is 2.00 bits per heavy atom. The quantitative estimate of drug-likeness (QED) is 0.367. The smallest absolute Gasteiger partial charge is 0.265 e. The maximum atomic E-state index is 13.1. The number of carbonyl (C=O) groups excluding carboxylic acids is 1. The predicted molar refractivity (Wildman–Crippen MR) is 122 cm³/mol. The van der Waals surface area contributed by atoms with Crippen molar-refractivity contribution in [2.45, 2.75) is 46.1 Å². The molecule has 160 valence electrons. The third kappa shape index (κ3) is 4.35. The van der Waals surface area contributed by atoms with Crippen molar-refractivity contribution in [3.63, 3.8) is 0 Å². The zero-order valence-electron chi connectivity index (χ0n) is 18.1. The molecule has 1 amide bonds. The Labute approximate surface area is 180 Å². The standard InChI is InChI=1S/C24H27N5O2/c1-16(2)18-6-8-21-20(14-18)24(31)29-15-19(7-9-22(29)27-21)23(30)26-10-4-5-12-28-13-11-25-17(28)3/h6-9,11,13-16H,4-5,10,12H2,1-3H3,(H,26,30). The fourth-order valence-corrected chi connectivity index (χ4v) is 3.67. The lowest BCUT2D eigenvalue weighted by Gasteiger charge is -2.10. The van der Waals surface area contributed by atoms with Crippen LogP contribution in [0.1, 0.15) is 54.4 Å². The molecule has 0 aliphatic rings. The van der Waals surface area contributed by atoms with E-state index in [0.29, 0.717) is 34.6 Å². The Bertz CT molecular complexity index is 1300. The topological polar surface area (TPSA) is 81.3 Å². The first-order chi connectivity index (χ1) is 14.9. The number of imidazole rings is 1. The largest absolute Gasteiger partial charge is 0.352 e. The summed E-state index contributed by atoms with van der Waals surface area (Å²) in [5.41, 5.74) is 2.57. The van der Waals surface area contributed by atoms with E-state index >= 15 is 0 Å². The predicted octanol–water partition coefficient (Wildman–Crippen LogP) is 3.69. The number of carbonyl (C=O) groups is 1. The van der Waals surface area contributed by atoms with Crippen LogP contribution in [0, 0.1) is 6.92 Å². The van der Waals surface area contributed by atoms with Crippen molar-refractivity contribution in [1.29, 1.82) is 0 Å². The van der Waals surface area contributed by atoms with Crippen molar-refractivity contribution >= 4 is 22.5 Å². The molecule has 3 heterocycles. The van der Waals surface area contributed by atoms with E-state index in [-0.39, 0.29) is 11.5 Å². The second kappa shape index (κ2) is 8.71. The van der Waals surface area contributed by atoms with Crippen LogP contribution in [0.3, 0.4) is 0 Å². The highest BCUT2D eigenvalue weighted by Crippen LogP contribution is 2.19. The molecule has 0 fully saturated rings. The molecule has 0 saturated carbocycles. The molecule has 7 heteroatoms. The van der Waals surface area contributed by atoms with E-state index in [9.17, 15) is 9.59 Å². The fourth-order valence-electron chi connectivity index (χ4n) is 3.67. The lowest BCUT2D eigenvalue weighted by atomic mass is 10.0. The number of nitrogens with one attached hydrogen (secondary N) is 1. The number of hydrogen-bond donors (Lipinski definition) is 1. The molecule has 4 rings (SSSR count). The molecule has 3 aromatic heterocycles. The molecule has 0 atom stereocenters. The zero-order valence-corrected chi connectivity index (χ0v) is 18.1. The van der Waals surface area contributed by atoms with Crippen LogP contribution in [-0.2, 0) is 6.54 Å². The van der Waals surface area contributed by atoms with Gasteiger partial charge in [0.15, 0.2) is 0 Å². The van der Waals surface area contributed by atoms with Gasteiger partial charge in [-0.1, -0.05) is 19.9 Å². The highest BCUT2D eigenvalue weighted by molar-refractivity contribution is 5.94. The maximum absolute atomic E-state index is 13.1. The summed E-state index contributed by atoms with van der Waals surface area (Å²) in [4.78, 5) is 34.4. The summed E-state index contributed by atoms with van der Waals surface area (Å²) in [6.45, 7) is 7.61. The number of rotatable bonds is 7. The summed E-state index contributed by atoms with van der Waals surface area (Å²) in [5.74, 6) is 1.12. The van der Waals surface area contributed by atoms with Gasteiger partial charge in [0.2, 0.25) is 0 Å². The monoisotopic (exact) mass is 417 g/mol. The molecule has 0 saturated heterocycles. The normalized spacial score (nSPS) is 11.5. The Morgan fingerprint density at radius 3 is 2.74 bits per heavy atom. The van der Waals surface area contributed by atoms with Crippen LogP contribution in [0.4, 0.5) is 0 Å². The van der Waals surface area contributed by atoms with E-state index in [1.165, 1.54) is 4.40 Å². The van der Waals surface area contributed by atoms with Gasteiger partial charge in [-0.05, 0) is 55.5 Å². The third-order valence-electron chi connectivity index (χ3n) is 5.60. The SMILES string of the molecule is Cc1nccn1CCCCNC(=O)c1ccc2nc3ccc(C(C)C)cc3c(=O)n2c1. The van der Waals surface area contributed by atoms with E-state index in [2.05, 4.69) is 33.7 Å². The molecular weight excluding hydrogens is 390 g/mol. The molecule has 31 heavy (non-hydrogen) atoms. The second-order valence-electron chi connectivity index (χ2n) is 8.13. The van der Waals surface area contributed by atoms with Gasteiger partial charge >= 0.3 is 0 Å². The number of amides is 1. The first kappa shape index (κ1) is 20.8. The lowest BCUT2D eigenvalue weighted by Crippen LogP contribution is -2.26. The Hall–Kier alpha value is -3.48. The summed E-state index contributed by atoms with van der Waals surface area (Å²) in [6.07, 6.45) is 7.14. The number of aryl methyl sites for hydroxylation is 2. The number of unbranched alkanes of at least 4 members (excludes halogenated alkanes) is 1. The van der Waals surface area contributed by atoms with Crippen molar-refractivity contribution in [1.82, 2.24) is 24.3 Å². The average molecular weight is 418 g/mol. The molecule has 0 unspecified atom stereocenters. The second-order valence-corrected chi connectivity index (χ2v) is 8.13. The molecule has 0 spiro atoms. The van der Waals surface area contributed by atoms with Crippen molar-refractivity contribution in [3.8, 4) is 0 Å². The number of pyridine rings is 1. The van der Waals surface area contributed by atoms with Gasteiger partial charge in [-0.25, -0.2) is 9.97 Å². The summed E-state index contributed by atoms with van der Waals surface area (Å²) in [6, 6.07) is 9.22. The molecule has 0 bridgehead atoms. The van der Waals surface area contributed by atoms with Crippen LogP contribution in [-0.4, -0.2) is 31.4 Å². The van der Waals surface area contributed by atoms with E-state index < -0.39 is 0 Å². The van der Waals surface area contributed by atoms with Crippen LogP contribution in [0.15, 0.2) is 53.7 Å². The number of nitrogens with zero attached hydrogens (tertiary/aromatic N) is 4. The Balaban J connectivity index is 1.47. The van der Waals surface area contributed by atoms with E-state index in [4.69, 9.17) is 0 Å². The van der Waals surface area contributed by atoms with E-state index in [1.807, 2.05) is 31.3 Å². The summed E-state index contributed by atoms with van der Waals surface area (Å²) >= 11 is 0. The average Bonchev–Trinajstić information content (AvgIpc) is 3.17. The van der Waals surface area contributed by atoms with Crippen molar-refractivity contribution in [2.75, 3.05) is 6.54 Å². The molecule has 7 nitrogen and oxygen atoms in total. The molecule has 1 N–H and O–H groups in total. The Kier molecular flexibility index (Phi) is 5.84. The van der Waals surface area contributed by atoms with Crippen LogP contribution in [0.5, 0.6) is 0 Å². The molecule has 4 aromatic rings. The lowest BCUT2D eigenvalue weighted by molar-refractivity contribution is 0.0952. The molecule has 0 aliphatic carbocycles. The zero-order chi connectivity index (χ0) is 22.0. The highest BCUT2D eigenvalue weighted by atomic mass is 16.1. The summed E-state index contributed by atoms with van der Waals surface area (Å²) in [5, 5.41) is 3.51. The maximum Gasteiger partial charge on any atom is 0.265 e. The van der Waals surface area contributed by atoms with Gasteiger partial charge in [-0.3, -0.25) is 14.0 Å². The van der Waals surface area contributed by atoms with Crippen LogP contribution in [0.25, 0.3) is 16.6 Å². The van der Waals surface area contributed by atoms with Gasteiger partial charge in [-0.2, -0.15) is 0 Å². The molecule has 1 aromatic carbocycles. The summed E-state index contributed by atoms with van der Waals surface area (Å²) in [7, 11) is 0. The fraction of sp³-hybridized carbons (Fsp3) is 0.333. The minimum absolute atomic E-state index is 0.159. The first-order valence-corrected chi connectivity index (χ1v) is 10.7. The number of aromatic nitrogens is 4. The van der Waals surface area contributed by atoms with Gasteiger partial charge in [0, 0.05) is 31.7 Å². The minimum Gasteiger partial charge on any atom is -0.352 e. The van der Waals surface area contributed by atoms with Crippen molar-refractivity contribution in [2.24, 2.45) is 0 Å². The van der Waals surface area contributed by atoms with Gasteiger partial charge in [0.1, 0.15) is 11.5 Å². The number of benzene rings is 1. The van der Waals surface area contributed by atoms with Crippen LogP contribution < -0.4 is 10.9 Å². The van der Waals surface area contributed by atoms with Gasteiger partial charge in [0.05, 0.1) is 16.5 Å². The van der Waals surface area contributed by atoms with E-state index in [1.54, 1.807) is 24.5 Å². The highest BCUT2D eigenvalue weighted by Gasteiger charge is 2.11. The third-order valence-corrected chi connectivity index (χ3v) is 5.60. The van der Waals surface area contributed by atoms with Gasteiger partial charge in [0.25, 0.3) is 11.5 Å². The van der Waals surface area contributed by atoms with Crippen molar-refractivity contribution in [3.05, 3.63) is 76.2 Å². The molecular formula is C24H27N5O2. The number of fused-ring (bicyclic) bond motifs is 2. The molecule has 0 aliphatic heterocycles.